The van der Waals surface area contributed by atoms with Crippen LogP contribution in [0.25, 0.3) is 0 Å². The molecule has 1 aromatic rings. The molecule has 2 aliphatic carbocycles. The standard InChI is InChI=1S/C28H41N/c1-2-3-4-5-6-8-23-10-14-25(15-11-23)27-18-20-28(21-19-27)26-16-12-24(13-17-26)9-7-22-29/h7,9-11,14-15,24,26-28H,2-6,8,12-13,16-21H2,1H3/b9-7+/t24?,26?,27-,28-. The van der Waals surface area contributed by atoms with Crippen LogP contribution in [0.1, 0.15) is 107 Å². The average molecular weight is 392 g/mol. The predicted molar refractivity (Wildman–Crippen MR) is 124 cm³/mol. The average Bonchev–Trinajstić information content (AvgIpc) is 2.78. The normalized spacial score (nSPS) is 27.7. The van der Waals surface area contributed by atoms with Gasteiger partial charge < -0.3 is 0 Å². The van der Waals surface area contributed by atoms with Crippen LogP contribution in [0, 0.1) is 29.1 Å². The Hall–Kier alpha value is -1.55. The predicted octanol–water partition coefficient (Wildman–Crippen LogP) is 8.36. The third-order valence-electron chi connectivity index (χ3n) is 7.72. The van der Waals surface area contributed by atoms with E-state index < -0.39 is 0 Å². The lowest BCUT2D eigenvalue weighted by atomic mass is 9.68. The molecule has 0 radical (unpaired) electrons. The second kappa shape index (κ2) is 12.2. The van der Waals surface area contributed by atoms with E-state index in [9.17, 15) is 0 Å². The molecule has 0 heterocycles. The summed E-state index contributed by atoms with van der Waals surface area (Å²) in [5, 5.41) is 8.72. The summed E-state index contributed by atoms with van der Waals surface area (Å²) in [6.45, 7) is 2.28. The van der Waals surface area contributed by atoms with Crippen LogP contribution < -0.4 is 0 Å². The number of benzene rings is 1. The van der Waals surface area contributed by atoms with Gasteiger partial charge in [0.25, 0.3) is 0 Å². The van der Waals surface area contributed by atoms with E-state index in [1.54, 1.807) is 11.6 Å². The molecule has 1 aromatic carbocycles. The first-order valence-corrected chi connectivity index (χ1v) is 12.4. The molecular formula is C28H41N. The third-order valence-corrected chi connectivity index (χ3v) is 7.72. The number of nitriles is 1. The Labute approximate surface area is 179 Å². The lowest BCUT2D eigenvalue weighted by molar-refractivity contribution is 0.171. The molecule has 2 saturated carbocycles. The highest BCUT2D eigenvalue weighted by Gasteiger charge is 2.30. The van der Waals surface area contributed by atoms with Gasteiger partial charge in [0.05, 0.1) is 6.07 Å². The molecule has 0 saturated heterocycles. The molecule has 0 aliphatic heterocycles. The number of aryl methyl sites for hydroxylation is 1. The lowest BCUT2D eigenvalue weighted by Gasteiger charge is -2.37. The van der Waals surface area contributed by atoms with Crippen molar-refractivity contribution in [3.05, 3.63) is 47.5 Å². The van der Waals surface area contributed by atoms with Gasteiger partial charge in [0.2, 0.25) is 0 Å². The maximum Gasteiger partial charge on any atom is 0.0908 e. The number of allylic oxidation sites excluding steroid dienone is 2. The maximum absolute atomic E-state index is 8.72. The third kappa shape index (κ3) is 7.02. The van der Waals surface area contributed by atoms with Gasteiger partial charge in [-0.2, -0.15) is 5.26 Å². The van der Waals surface area contributed by atoms with Gasteiger partial charge in [-0.25, -0.2) is 0 Å². The molecule has 0 bridgehead atoms. The van der Waals surface area contributed by atoms with E-state index in [1.165, 1.54) is 95.5 Å². The summed E-state index contributed by atoms with van der Waals surface area (Å²) in [4.78, 5) is 0. The molecule has 158 valence electrons. The van der Waals surface area contributed by atoms with Gasteiger partial charge in [0.15, 0.2) is 0 Å². The summed E-state index contributed by atoms with van der Waals surface area (Å²) in [5.41, 5.74) is 3.12. The quantitative estimate of drug-likeness (QED) is 0.306. The van der Waals surface area contributed by atoms with Crippen LogP contribution in [0.3, 0.4) is 0 Å². The molecule has 2 fully saturated rings. The molecule has 29 heavy (non-hydrogen) atoms. The zero-order valence-corrected chi connectivity index (χ0v) is 18.6. The van der Waals surface area contributed by atoms with Crippen molar-refractivity contribution in [3.63, 3.8) is 0 Å². The second-order valence-corrected chi connectivity index (χ2v) is 9.68. The molecule has 0 atom stereocenters. The molecule has 0 amide bonds. The van der Waals surface area contributed by atoms with Crippen molar-refractivity contribution in [2.45, 2.75) is 103 Å². The van der Waals surface area contributed by atoms with E-state index >= 15 is 0 Å². The lowest BCUT2D eigenvalue weighted by Crippen LogP contribution is -2.25. The first kappa shape index (κ1) is 22.1. The smallest absolute Gasteiger partial charge is 0.0908 e. The first-order chi connectivity index (χ1) is 14.3. The first-order valence-electron chi connectivity index (χ1n) is 12.4. The molecule has 0 N–H and O–H groups in total. The van der Waals surface area contributed by atoms with Crippen LogP contribution in [0.4, 0.5) is 0 Å². The molecule has 0 spiro atoms. The van der Waals surface area contributed by atoms with Crippen LogP contribution in [-0.2, 0) is 6.42 Å². The van der Waals surface area contributed by atoms with Crippen LogP contribution in [0.5, 0.6) is 0 Å². The van der Waals surface area contributed by atoms with Crippen molar-refractivity contribution >= 4 is 0 Å². The molecule has 0 unspecified atom stereocenters. The number of nitrogens with zero attached hydrogens (tertiary/aromatic N) is 1. The minimum Gasteiger partial charge on any atom is -0.193 e. The number of rotatable bonds is 9. The highest BCUT2D eigenvalue weighted by atomic mass is 14.4. The van der Waals surface area contributed by atoms with Crippen molar-refractivity contribution < 1.29 is 0 Å². The summed E-state index contributed by atoms with van der Waals surface area (Å²) in [6, 6.07) is 11.8. The highest BCUT2D eigenvalue weighted by molar-refractivity contribution is 5.26. The fourth-order valence-electron chi connectivity index (χ4n) is 5.80. The van der Waals surface area contributed by atoms with Gasteiger partial charge in [-0.3, -0.25) is 0 Å². The zero-order valence-electron chi connectivity index (χ0n) is 18.6. The van der Waals surface area contributed by atoms with Crippen molar-refractivity contribution in [2.75, 3.05) is 0 Å². The molecular weight excluding hydrogens is 350 g/mol. The Balaban J connectivity index is 1.38. The summed E-state index contributed by atoms with van der Waals surface area (Å²) in [7, 11) is 0. The van der Waals surface area contributed by atoms with Crippen LogP contribution in [-0.4, -0.2) is 0 Å². The Kier molecular flexibility index (Phi) is 9.33. The molecule has 0 aromatic heterocycles. The molecule has 1 heteroatoms. The van der Waals surface area contributed by atoms with E-state index in [1.807, 2.05) is 0 Å². The van der Waals surface area contributed by atoms with Gasteiger partial charge in [0, 0.05) is 6.08 Å². The summed E-state index contributed by atoms with van der Waals surface area (Å²) < 4.78 is 0. The molecule has 2 aliphatic rings. The van der Waals surface area contributed by atoms with E-state index in [4.69, 9.17) is 5.26 Å². The SMILES string of the molecule is CCCCCCCc1ccc([C@H]2CC[C@H](C3CCC(/C=C/C#N)CC3)CC2)cc1. The van der Waals surface area contributed by atoms with Crippen molar-refractivity contribution in [2.24, 2.45) is 17.8 Å². The van der Waals surface area contributed by atoms with Gasteiger partial charge in [0.1, 0.15) is 0 Å². The monoisotopic (exact) mass is 391 g/mol. The Morgan fingerprint density at radius 2 is 1.45 bits per heavy atom. The van der Waals surface area contributed by atoms with Gasteiger partial charge >= 0.3 is 0 Å². The summed E-state index contributed by atoms with van der Waals surface area (Å²) in [5.74, 6) is 3.35. The Morgan fingerprint density at radius 1 is 0.828 bits per heavy atom. The molecule has 3 rings (SSSR count). The van der Waals surface area contributed by atoms with Crippen LogP contribution in [0.15, 0.2) is 36.4 Å². The van der Waals surface area contributed by atoms with Crippen LogP contribution in [0.2, 0.25) is 0 Å². The van der Waals surface area contributed by atoms with E-state index in [0.717, 1.165) is 17.8 Å². The zero-order chi connectivity index (χ0) is 20.3. The maximum atomic E-state index is 8.72. The second-order valence-electron chi connectivity index (χ2n) is 9.68. The molecule has 1 nitrogen and oxygen atoms in total. The Morgan fingerprint density at radius 3 is 2.07 bits per heavy atom. The van der Waals surface area contributed by atoms with Gasteiger partial charge in [-0.05, 0) is 99.0 Å². The minimum atomic E-state index is 0.660. The summed E-state index contributed by atoms with van der Waals surface area (Å²) in [6.07, 6.45) is 22.9. The highest BCUT2D eigenvalue weighted by Crippen LogP contribution is 2.44. The van der Waals surface area contributed by atoms with Crippen molar-refractivity contribution in [1.29, 1.82) is 5.26 Å². The van der Waals surface area contributed by atoms with Crippen LogP contribution >= 0.6 is 0 Å². The number of unbranched alkanes of at least 4 members (excludes halogenated alkanes) is 4. The summed E-state index contributed by atoms with van der Waals surface area (Å²) >= 11 is 0. The fraction of sp³-hybridized carbons (Fsp3) is 0.679. The fourth-order valence-corrected chi connectivity index (χ4v) is 5.80. The number of hydrogen-bond donors (Lipinski definition) is 0. The van der Waals surface area contributed by atoms with E-state index in [-0.39, 0.29) is 0 Å². The van der Waals surface area contributed by atoms with Gasteiger partial charge in [-0.15, -0.1) is 0 Å². The van der Waals surface area contributed by atoms with Crippen molar-refractivity contribution in [1.82, 2.24) is 0 Å². The minimum absolute atomic E-state index is 0.660. The van der Waals surface area contributed by atoms with E-state index in [0.29, 0.717) is 5.92 Å². The topological polar surface area (TPSA) is 23.8 Å². The van der Waals surface area contributed by atoms with E-state index in [2.05, 4.69) is 43.3 Å². The Bertz CT molecular complexity index is 634. The largest absolute Gasteiger partial charge is 0.193 e. The number of hydrogen-bond acceptors (Lipinski definition) is 1. The van der Waals surface area contributed by atoms with Crippen molar-refractivity contribution in [3.8, 4) is 6.07 Å². The van der Waals surface area contributed by atoms with Gasteiger partial charge in [-0.1, -0.05) is 62.9 Å².